The number of ketones is 1. The van der Waals surface area contributed by atoms with Gasteiger partial charge in [-0.3, -0.25) is 4.79 Å². The Labute approximate surface area is 154 Å². The van der Waals surface area contributed by atoms with Gasteiger partial charge >= 0.3 is 0 Å². The number of hydrogen-bond acceptors (Lipinski definition) is 1. The zero-order valence-electron chi connectivity index (χ0n) is 15.0. The first-order chi connectivity index (χ1) is 12.7. The van der Waals surface area contributed by atoms with E-state index in [0.29, 0.717) is 0 Å². The standard InChI is InChI=1S/C25H22O/c1-18(26)9-3-2-4-12-21-16-22-15-19-10-5-6-11-20(19)17-25(22)24-14-8-7-13-23(21)24/h3,5-11,13-17H,2,4,12H2,1H3/b9-3+. The number of aryl methyl sites for hydroxylation is 1. The Bertz CT molecular complexity index is 1130. The van der Waals surface area contributed by atoms with E-state index in [4.69, 9.17) is 0 Å². The molecule has 0 fully saturated rings. The molecule has 26 heavy (non-hydrogen) atoms. The van der Waals surface area contributed by atoms with Crippen LogP contribution in [-0.4, -0.2) is 5.78 Å². The Hall–Kier alpha value is -2.93. The third-order valence-electron chi connectivity index (χ3n) is 4.98. The summed E-state index contributed by atoms with van der Waals surface area (Å²) in [5.74, 6) is 0.119. The van der Waals surface area contributed by atoms with Gasteiger partial charge in [-0.05, 0) is 82.3 Å². The molecular formula is C25H22O. The average molecular weight is 338 g/mol. The van der Waals surface area contributed by atoms with Gasteiger partial charge in [0.25, 0.3) is 0 Å². The fraction of sp³-hybridized carbons (Fsp3) is 0.160. The minimum atomic E-state index is 0.119. The molecule has 4 aromatic rings. The Morgan fingerprint density at radius 1 is 0.808 bits per heavy atom. The summed E-state index contributed by atoms with van der Waals surface area (Å²) in [5, 5.41) is 7.85. The quantitative estimate of drug-likeness (QED) is 0.173. The molecule has 128 valence electrons. The van der Waals surface area contributed by atoms with Gasteiger partial charge < -0.3 is 0 Å². The van der Waals surface area contributed by atoms with E-state index in [1.807, 2.05) is 6.08 Å². The van der Waals surface area contributed by atoms with Gasteiger partial charge in [0.2, 0.25) is 0 Å². The van der Waals surface area contributed by atoms with Crippen molar-refractivity contribution < 1.29 is 4.79 Å². The highest BCUT2D eigenvalue weighted by molar-refractivity contribution is 6.13. The summed E-state index contributed by atoms with van der Waals surface area (Å²) in [6.45, 7) is 1.59. The third-order valence-corrected chi connectivity index (χ3v) is 4.98. The topological polar surface area (TPSA) is 17.1 Å². The minimum Gasteiger partial charge on any atom is -0.295 e. The number of fused-ring (bicyclic) bond motifs is 4. The van der Waals surface area contributed by atoms with Crippen molar-refractivity contribution in [1.29, 1.82) is 0 Å². The molecule has 0 atom stereocenters. The van der Waals surface area contributed by atoms with Gasteiger partial charge in [-0.2, -0.15) is 0 Å². The highest BCUT2D eigenvalue weighted by Crippen LogP contribution is 2.32. The average Bonchev–Trinajstić information content (AvgIpc) is 2.66. The van der Waals surface area contributed by atoms with E-state index in [2.05, 4.69) is 66.7 Å². The maximum absolute atomic E-state index is 11.0. The van der Waals surface area contributed by atoms with Gasteiger partial charge in [0, 0.05) is 0 Å². The van der Waals surface area contributed by atoms with Gasteiger partial charge in [0.05, 0.1) is 0 Å². The summed E-state index contributed by atoms with van der Waals surface area (Å²) in [4.78, 5) is 11.0. The summed E-state index contributed by atoms with van der Waals surface area (Å²) >= 11 is 0. The van der Waals surface area contributed by atoms with Crippen LogP contribution in [-0.2, 0) is 11.2 Å². The number of hydrogen-bond donors (Lipinski definition) is 0. The van der Waals surface area contributed by atoms with Crippen LogP contribution in [0, 0.1) is 0 Å². The van der Waals surface area contributed by atoms with Crippen molar-refractivity contribution in [2.24, 2.45) is 0 Å². The first kappa shape index (κ1) is 16.5. The predicted molar refractivity (Wildman–Crippen MR) is 112 cm³/mol. The second-order valence-electron chi connectivity index (χ2n) is 6.91. The lowest BCUT2D eigenvalue weighted by Crippen LogP contribution is -1.90. The van der Waals surface area contributed by atoms with E-state index in [0.717, 1.165) is 19.3 Å². The van der Waals surface area contributed by atoms with Crippen molar-refractivity contribution in [3.8, 4) is 0 Å². The smallest absolute Gasteiger partial charge is 0.152 e. The number of allylic oxidation sites excluding steroid dienone is 2. The number of benzene rings is 4. The van der Waals surface area contributed by atoms with E-state index >= 15 is 0 Å². The molecule has 4 rings (SSSR count). The molecule has 0 aromatic heterocycles. The van der Waals surface area contributed by atoms with Crippen LogP contribution < -0.4 is 0 Å². The van der Waals surface area contributed by atoms with Crippen LogP contribution in [0.4, 0.5) is 0 Å². The normalized spacial score (nSPS) is 11.7. The number of carbonyl (C=O) groups excluding carboxylic acids is 1. The Kier molecular flexibility index (Phi) is 4.53. The zero-order valence-corrected chi connectivity index (χ0v) is 15.0. The van der Waals surface area contributed by atoms with Crippen LogP contribution in [0.5, 0.6) is 0 Å². The molecule has 1 nitrogen and oxygen atoms in total. The minimum absolute atomic E-state index is 0.119. The van der Waals surface area contributed by atoms with Gasteiger partial charge in [-0.1, -0.05) is 60.7 Å². The first-order valence-corrected chi connectivity index (χ1v) is 9.22. The van der Waals surface area contributed by atoms with Gasteiger partial charge in [-0.15, -0.1) is 0 Å². The first-order valence-electron chi connectivity index (χ1n) is 9.22. The molecular weight excluding hydrogens is 316 g/mol. The zero-order chi connectivity index (χ0) is 17.9. The summed E-state index contributed by atoms with van der Waals surface area (Å²) < 4.78 is 0. The summed E-state index contributed by atoms with van der Waals surface area (Å²) in [5.41, 5.74) is 1.39. The molecule has 0 N–H and O–H groups in total. The molecule has 0 bridgehead atoms. The van der Waals surface area contributed by atoms with Crippen molar-refractivity contribution in [1.82, 2.24) is 0 Å². The monoisotopic (exact) mass is 338 g/mol. The van der Waals surface area contributed by atoms with E-state index in [9.17, 15) is 4.79 Å². The molecule has 1 heteroatoms. The molecule has 0 heterocycles. The summed E-state index contributed by atoms with van der Waals surface area (Å²) in [6.07, 6.45) is 6.66. The molecule has 4 aromatic carbocycles. The largest absolute Gasteiger partial charge is 0.295 e. The second-order valence-corrected chi connectivity index (χ2v) is 6.91. The van der Waals surface area contributed by atoms with Crippen molar-refractivity contribution >= 4 is 38.1 Å². The van der Waals surface area contributed by atoms with E-state index in [1.54, 1.807) is 13.0 Å². The van der Waals surface area contributed by atoms with Crippen molar-refractivity contribution in [2.75, 3.05) is 0 Å². The van der Waals surface area contributed by atoms with Crippen molar-refractivity contribution in [3.05, 3.63) is 84.4 Å². The van der Waals surface area contributed by atoms with E-state index in [-0.39, 0.29) is 5.78 Å². The molecule has 0 aliphatic rings. The molecule has 0 saturated carbocycles. The lowest BCUT2D eigenvalue weighted by Gasteiger charge is -2.11. The maximum atomic E-state index is 11.0. The Morgan fingerprint density at radius 3 is 2.27 bits per heavy atom. The van der Waals surface area contributed by atoms with Gasteiger partial charge in [0.1, 0.15) is 0 Å². The number of rotatable bonds is 5. The van der Waals surface area contributed by atoms with E-state index in [1.165, 1.54) is 37.9 Å². The van der Waals surface area contributed by atoms with Crippen LogP contribution in [0.25, 0.3) is 32.3 Å². The molecule has 0 unspecified atom stereocenters. The van der Waals surface area contributed by atoms with Gasteiger partial charge in [0.15, 0.2) is 5.78 Å². The summed E-state index contributed by atoms with van der Waals surface area (Å²) in [7, 11) is 0. The molecule has 0 aliphatic carbocycles. The highest BCUT2D eigenvalue weighted by atomic mass is 16.1. The van der Waals surface area contributed by atoms with Crippen LogP contribution in [0.2, 0.25) is 0 Å². The lowest BCUT2D eigenvalue weighted by atomic mass is 9.93. The number of carbonyl (C=O) groups is 1. The van der Waals surface area contributed by atoms with Gasteiger partial charge in [-0.25, -0.2) is 0 Å². The Morgan fingerprint density at radius 2 is 1.50 bits per heavy atom. The predicted octanol–water partition coefficient (Wildman–Crippen LogP) is 6.61. The number of unbranched alkanes of at least 4 members (excludes halogenated alkanes) is 1. The van der Waals surface area contributed by atoms with Crippen molar-refractivity contribution in [2.45, 2.75) is 26.2 Å². The fourth-order valence-electron chi connectivity index (χ4n) is 3.74. The molecule has 0 spiro atoms. The molecule has 0 radical (unpaired) electrons. The second kappa shape index (κ2) is 7.13. The van der Waals surface area contributed by atoms with Crippen molar-refractivity contribution in [3.63, 3.8) is 0 Å². The lowest BCUT2D eigenvalue weighted by molar-refractivity contribution is -0.112. The SMILES string of the molecule is CC(=O)/C=C/CCCc1cc2cc3ccccc3cc2c2ccccc12. The molecule has 0 amide bonds. The fourth-order valence-corrected chi connectivity index (χ4v) is 3.74. The Balaban J connectivity index is 1.78. The van der Waals surface area contributed by atoms with Crippen LogP contribution >= 0.6 is 0 Å². The van der Waals surface area contributed by atoms with E-state index < -0.39 is 0 Å². The van der Waals surface area contributed by atoms with Crippen LogP contribution in [0.1, 0.15) is 25.3 Å². The highest BCUT2D eigenvalue weighted by Gasteiger charge is 2.07. The third kappa shape index (κ3) is 3.25. The molecule has 0 aliphatic heterocycles. The van der Waals surface area contributed by atoms with Crippen LogP contribution in [0.3, 0.4) is 0 Å². The summed E-state index contributed by atoms with van der Waals surface area (Å²) in [6, 6.07) is 24.2. The van der Waals surface area contributed by atoms with Crippen LogP contribution in [0.15, 0.2) is 78.9 Å². The molecule has 0 saturated heterocycles. The maximum Gasteiger partial charge on any atom is 0.152 e.